The summed E-state index contributed by atoms with van der Waals surface area (Å²) in [7, 11) is 0. The number of imidazole rings is 1. The van der Waals surface area contributed by atoms with Gasteiger partial charge in [-0.3, -0.25) is 4.79 Å². The van der Waals surface area contributed by atoms with Crippen molar-refractivity contribution in [1.29, 1.82) is 0 Å². The number of pyridine rings is 1. The normalized spacial score (nSPS) is 23.6. The minimum atomic E-state index is -0.668. The van der Waals surface area contributed by atoms with Crippen LogP contribution in [0, 0.1) is 12.7 Å². The van der Waals surface area contributed by atoms with E-state index in [9.17, 15) is 4.79 Å². The fourth-order valence-corrected chi connectivity index (χ4v) is 5.24. The molecule has 3 fully saturated rings. The minimum absolute atomic E-state index is 0.0627. The zero-order valence-electron chi connectivity index (χ0n) is 19.4. The Balaban J connectivity index is 1.41. The maximum atomic E-state index is 15.7. The van der Waals surface area contributed by atoms with Crippen LogP contribution in [-0.4, -0.2) is 48.2 Å². The third kappa shape index (κ3) is 3.08. The van der Waals surface area contributed by atoms with Crippen LogP contribution in [0.1, 0.15) is 55.2 Å². The Labute approximate surface area is 194 Å². The van der Waals surface area contributed by atoms with Gasteiger partial charge in [0.25, 0.3) is 5.91 Å². The van der Waals surface area contributed by atoms with Crippen LogP contribution in [0.5, 0.6) is 5.75 Å². The van der Waals surface area contributed by atoms with Gasteiger partial charge >= 0.3 is 0 Å². The molecule has 0 aromatic carbocycles. The van der Waals surface area contributed by atoms with Crippen LogP contribution in [0.2, 0.25) is 0 Å². The number of carbonyl (C=O) groups is 1. The van der Waals surface area contributed by atoms with E-state index in [0.29, 0.717) is 17.9 Å². The highest BCUT2D eigenvalue weighted by atomic mass is 19.1. The fourth-order valence-electron chi connectivity index (χ4n) is 5.24. The lowest BCUT2D eigenvalue weighted by atomic mass is 9.62. The highest BCUT2D eigenvalue weighted by molar-refractivity contribution is 6.07. The third-order valence-corrected chi connectivity index (χ3v) is 6.64. The van der Waals surface area contributed by atoms with Gasteiger partial charge in [0.2, 0.25) is 5.82 Å². The molecule has 1 saturated carbocycles. The number of nitrogens with one attached hydrogen (secondary N) is 1. The SMILES string of the molecule is Cc1cnc2c(NC(=O)c3cn4cc(C56COC(C)(C5)C6)nc4c(F)c3OC(C)C)cnn2c1. The predicted octanol–water partition coefficient (Wildman–Crippen LogP) is 3.68. The summed E-state index contributed by atoms with van der Waals surface area (Å²) in [6, 6.07) is 0. The lowest BCUT2D eigenvalue weighted by molar-refractivity contribution is 0.0154. The molecular weight excluding hydrogens is 439 g/mol. The Morgan fingerprint density at radius 3 is 2.74 bits per heavy atom. The average Bonchev–Trinajstić information content (AvgIpc) is 3.51. The van der Waals surface area contributed by atoms with Crippen molar-refractivity contribution in [3.8, 4) is 5.75 Å². The largest absolute Gasteiger partial charge is 0.487 e. The summed E-state index contributed by atoms with van der Waals surface area (Å²) in [4.78, 5) is 22.3. The molecule has 0 spiro atoms. The summed E-state index contributed by atoms with van der Waals surface area (Å²) in [5.41, 5.74) is 2.49. The van der Waals surface area contributed by atoms with Crippen molar-refractivity contribution < 1.29 is 18.7 Å². The molecule has 1 aliphatic carbocycles. The van der Waals surface area contributed by atoms with E-state index >= 15 is 4.39 Å². The van der Waals surface area contributed by atoms with Crippen LogP contribution in [0.15, 0.2) is 31.0 Å². The molecule has 10 heteroatoms. The maximum absolute atomic E-state index is 15.7. The topological polar surface area (TPSA) is 95.1 Å². The molecule has 1 amide bonds. The number of amides is 1. The van der Waals surface area contributed by atoms with E-state index in [1.54, 1.807) is 41.4 Å². The number of aromatic nitrogens is 5. The second-order valence-electron chi connectivity index (χ2n) is 9.99. The minimum Gasteiger partial charge on any atom is -0.487 e. The molecule has 7 rings (SSSR count). The van der Waals surface area contributed by atoms with Crippen molar-refractivity contribution >= 4 is 22.9 Å². The number of carbonyl (C=O) groups excluding carboxylic acids is 1. The molecule has 4 aromatic heterocycles. The lowest BCUT2D eigenvalue weighted by Crippen LogP contribution is -2.45. The van der Waals surface area contributed by atoms with Gasteiger partial charge in [-0.1, -0.05) is 0 Å². The van der Waals surface area contributed by atoms with Crippen molar-refractivity contribution in [1.82, 2.24) is 24.0 Å². The Morgan fingerprint density at radius 2 is 2.03 bits per heavy atom. The van der Waals surface area contributed by atoms with E-state index in [4.69, 9.17) is 9.47 Å². The van der Waals surface area contributed by atoms with Crippen molar-refractivity contribution in [2.45, 2.75) is 57.7 Å². The Hall–Kier alpha value is -3.53. The number of hydrogen-bond acceptors (Lipinski definition) is 6. The first kappa shape index (κ1) is 21.0. The van der Waals surface area contributed by atoms with Gasteiger partial charge in [0.05, 0.1) is 30.2 Å². The lowest BCUT2D eigenvalue weighted by Gasteiger charge is -2.41. The highest BCUT2D eigenvalue weighted by Gasteiger charge is 2.61. The molecule has 2 aliphatic heterocycles. The molecule has 9 nitrogen and oxygen atoms in total. The van der Waals surface area contributed by atoms with E-state index < -0.39 is 11.7 Å². The number of ether oxygens (including phenoxy) is 2. The second-order valence-corrected chi connectivity index (χ2v) is 9.99. The zero-order valence-corrected chi connectivity index (χ0v) is 19.4. The van der Waals surface area contributed by atoms with Crippen molar-refractivity contribution in [3.05, 3.63) is 53.6 Å². The predicted molar refractivity (Wildman–Crippen MR) is 122 cm³/mol. The summed E-state index contributed by atoms with van der Waals surface area (Å²) in [5, 5.41) is 7.04. The number of rotatable bonds is 5. The first-order chi connectivity index (χ1) is 16.2. The van der Waals surface area contributed by atoms with Crippen LogP contribution in [0.25, 0.3) is 11.3 Å². The van der Waals surface area contributed by atoms with Crippen molar-refractivity contribution in [2.75, 3.05) is 11.9 Å². The molecule has 0 atom stereocenters. The first-order valence-electron chi connectivity index (χ1n) is 11.3. The van der Waals surface area contributed by atoms with Gasteiger partial charge in [-0.25, -0.2) is 14.5 Å². The number of aryl methyl sites for hydroxylation is 1. The molecule has 4 aromatic rings. The number of halogens is 1. The Bertz CT molecular complexity index is 1470. The van der Waals surface area contributed by atoms with E-state index in [1.807, 2.05) is 13.1 Å². The van der Waals surface area contributed by atoms with Crippen LogP contribution < -0.4 is 10.1 Å². The average molecular weight is 465 g/mol. The molecule has 3 aliphatic rings. The van der Waals surface area contributed by atoms with E-state index in [2.05, 4.69) is 27.3 Å². The molecular formula is C24H25FN6O3. The quantitative estimate of drug-likeness (QED) is 0.484. The van der Waals surface area contributed by atoms with Crippen molar-refractivity contribution in [3.63, 3.8) is 0 Å². The van der Waals surface area contributed by atoms with Crippen LogP contribution in [0.3, 0.4) is 0 Å². The molecule has 176 valence electrons. The molecule has 0 unspecified atom stereocenters. The molecule has 2 bridgehead atoms. The van der Waals surface area contributed by atoms with E-state index in [1.165, 1.54) is 6.20 Å². The van der Waals surface area contributed by atoms with Gasteiger partial charge in [0.1, 0.15) is 11.3 Å². The Kier molecular flexibility index (Phi) is 4.32. The standard InChI is InChI=1S/C24H25FN6O3/c1-13(2)34-19-15(22(32)28-16-6-27-31-7-14(3)5-26-20(16)31)8-30-9-17(29-21(30)18(19)25)24-10-23(4,11-24)33-12-24/h5-9,13H,10-12H2,1-4H3,(H,28,32). The molecule has 0 radical (unpaired) electrons. The van der Waals surface area contributed by atoms with Gasteiger partial charge < -0.3 is 19.2 Å². The number of anilines is 1. The summed E-state index contributed by atoms with van der Waals surface area (Å²) in [6.07, 6.45) is 9.74. The smallest absolute Gasteiger partial charge is 0.261 e. The second kappa shape index (κ2) is 6.99. The third-order valence-electron chi connectivity index (χ3n) is 6.64. The van der Waals surface area contributed by atoms with Gasteiger partial charge in [-0.15, -0.1) is 0 Å². The molecule has 6 heterocycles. The molecule has 34 heavy (non-hydrogen) atoms. The maximum Gasteiger partial charge on any atom is 0.261 e. The summed E-state index contributed by atoms with van der Waals surface area (Å²) in [6.45, 7) is 8.12. The van der Waals surface area contributed by atoms with Crippen LogP contribution in [0.4, 0.5) is 10.1 Å². The van der Waals surface area contributed by atoms with Crippen molar-refractivity contribution in [2.24, 2.45) is 0 Å². The summed E-state index contributed by atoms with van der Waals surface area (Å²) < 4.78 is 30.5. The summed E-state index contributed by atoms with van der Waals surface area (Å²) >= 11 is 0. The fraction of sp³-hybridized carbons (Fsp3) is 0.417. The first-order valence-corrected chi connectivity index (χ1v) is 11.3. The van der Waals surface area contributed by atoms with Gasteiger partial charge in [-0.2, -0.15) is 9.49 Å². The molecule has 2 saturated heterocycles. The van der Waals surface area contributed by atoms with Gasteiger partial charge in [-0.05, 0) is 46.1 Å². The monoisotopic (exact) mass is 464 g/mol. The number of nitrogens with zero attached hydrogens (tertiary/aromatic N) is 5. The Morgan fingerprint density at radius 1 is 1.24 bits per heavy atom. The summed E-state index contributed by atoms with van der Waals surface area (Å²) in [5.74, 6) is -1.32. The van der Waals surface area contributed by atoms with Crippen LogP contribution in [-0.2, 0) is 10.2 Å². The number of hydrogen-bond donors (Lipinski definition) is 1. The van der Waals surface area contributed by atoms with Gasteiger partial charge in [0, 0.05) is 30.2 Å². The molecule has 1 N–H and O–H groups in total. The van der Waals surface area contributed by atoms with Crippen LogP contribution >= 0.6 is 0 Å². The highest BCUT2D eigenvalue weighted by Crippen LogP contribution is 2.58. The number of fused-ring (bicyclic) bond motifs is 3. The van der Waals surface area contributed by atoms with E-state index in [-0.39, 0.29) is 34.1 Å². The zero-order chi connectivity index (χ0) is 23.8. The van der Waals surface area contributed by atoms with E-state index in [0.717, 1.165) is 24.1 Å². The van der Waals surface area contributed by atoms with Gasteiger partial charge in [0.15, 0.2) is 17.0 Å².